The van der Waals surface area contributed by atoms with Gasteiger partial charge in [-0.2, -0.15) is 0 Å². The molecule has 0 saturated heterocycles. The predicted molar refractivity (Wildman–Crippen MR) is 55.6 cm³/mol. The molecule has 82 valence electrons. The number of hydrogen-bond donors (Lipinski definition) is 0. The zero-order chi connectivity index (χ0) is 11.4. The van der Waals surface area contributed by atoms with Crippen LogP contribution in [0, 0.1) is 5.92 Å². The van der Waals surface area contributed by atoms with Crippen molar-refractivity contribution in [3.8, 4) is 0 Å². The average Bonchev–Trinajstić information content (AvgIpc) is 2.64. The van der Waals surface area contributed by atoms with Gasteiger partial charge in [0.1, 0.15) is 6.54 Å². The lowest BCUT2D eigenvalue weighted by atomic mass is 10.0. The van der Waals surface area contributed by atoms with Crippen LogP contribution in [0.15, 0.2) is 18.5 Å². The molecule has 1 heterocycles. The van der Waals surface area contributed by atoms with E-state index in [1.165, 1.54) is 7.11 Å². The summed E-state index contributed by atoms with van der Waals surface area (Å²) in [5, 5.41) is 0. The zero-order valence-electron chi connectivity index (χ0n) is 9.19. The molecular weight excluding hydrogens is 194 g/mol. The van der Waals surface area contributed by atoms with Gasteiger partial charge in [-0.05, 0) is 6.07 Å². The third kappa shape index (κ3) is 2.94. The summed E-state index contributed by atoms with van der Waals surface area (Å²) >= 11 is 0. The summed E-state index contributed by atoms with van der Waals surface area (Å²) in [6.45, 7) is 3.84. The van der Waals surface area contributed by atoms with E-state index >= 15 is 0 Å². The lowest BCUT2D eigenvalue weighted by molar-refractivity contribution is -0.141. The number of carbonyl (C=O) groups excluding carboxylic acids is 2. The molecule has 0 atom stereocenters. The summed E-state index contributed by atoms with van der Waals surface area (Å²) in [5.41, 5.74) is 0.633. The minimum Gasteiger partial charge on any atom is -0.468 e. The molecule has 15 heavy (non-hydrogen) atoms. The summed E-state index contributed by atoms with van der Waals surface area (Å²) in [6, 6.07) is 1.71. The van der Waals surface area contributed by atoms with Crippen molar-refractivity contribution in [2.24, 2.45) is 5.92 Å². The normalized spacial score (nSPS) is 10.4. The van der Waals surface area contributed by atoms with Crippen LogP contribution < -0.4 is 0 Å². The molecule has 4 heteroatoms. The van der Waals surface area contributed by atoms with Crippen LogP contribution in [0.25, 0.3) is 0 Å². The quantitative estimate of drug-likeness (QED) is 0.557. The Kier molecular flexibility index (Phi) is 3.66. The van der Waals surface area contributed by atoms with Crippen molar-refractivity contribution in [1.29, 1.82) is 0 Å². The number of ether oxygens (including phenoxy) is 1. The fourth-order valence-corrected chi connectivity index (χ4v) is 1.23. The number of ketones is 1. The number of hydrogen-bond acceptors (Lipinski definition) is 3. The molecule has 1 aromatic rings. The van der Waals surface area contributed by atoms with Gasteiger partial charge in [-0.1, -0.05) is 13.8 Å². The van der Waals surface area contributed by atoms with Gasteiger partial charge in [0.2, 0.25) is 0 Å². The molecule has 0 aromatic carbocycles. The van der Waals surface area contributed by atoms with E-state index in [0.29, 0.717) is 5.56 Å². The first kappa shape index (κ1) is 11.5. The molecule has 0 amide bonds. The highest BCUT2D eigenvalue weighted by molar-refractivity contribution is 5.97. The SMILES string of the molecule is COC(=O)Cn1ccc(C(=O)C(C)C)c1. The maximum Gasteiger partial charge on any atom is 0.325 e. The first-order valence-corrected chi connectivity index (χ1v) is 4.81. The summed E-state index contributed by atoms with van der Waals surface area (Å²) in [5.74, 6) is -0.272. The van der Waals surface area contributed by atoms with E-state index in [2.05, 4.69) is 4.74 Å². The summed E-state index contributed by atoms with van der Waals surface area (Å²) in [7, 11) is 1.34. The van der Waals surface area contributed by atoms with Crippen LogP contribution in [-0.2, 0) is 16.1 Å². The fraction of sp³-hybridized carbons (Fsp3) is 0.455. The highest BCUT2D eigenvalue weighted by Crippen LogP contribution is 2.08. The highest BCUT2D eigenvalue weighted by Gasteiger charge is 2.12. The predicted octanol–water partition coefficient (Wildman–Crippen LogP) is 1.50. The number of nitrogens with zero attached hydrogens (tertiary/aromatic N) is 1. The van der Waals surface area contributed by atoms with Crippen molar-refractivity contribution in [3.05, 3.63) is 24.0 Å². The molecule has 0 aliphatic rings. The van der Waals surface area contributed by atoms with Gasteiger partial charge in [-0.3, -0.25) is 9.59 Å². The molecule has 0 fully saturated rings. The van der Waals surface area contributed by atoms with Crippen LogP contribution in [0.1, 0.15) is 24.2 Å². The number of aromatic nitrogens is 1. The van der Waals surface area contributed by atoms with Gasteiger partial charge in [-0.15, -0.1) is 0 Å². The highest BCUT2D eigenvalue weighted by atomic mass is 16.5. The number of esters is 1. The van der Waals surface area contributed by atoms with E-state index in [9.17, 15) is 9.59 Å². The van der Waals surface area contributed by atoms with Crippen molar-refractivity contribution >= 4 is 11.8 Å². The van der Waals surface area contributed by atoms with Gasteiger partial charge < -0.3 is 9.30 Å². The van der Waals surface area contributed by atoms with Crippen LogP contribution in [-0.4, -0.2) is 23.4 Å². The smallest absolute Gasteiger partial charge is 0.325 e. The van der Waals surface area contributed by atoms with Crippen molar-refractivity contribution in [1.82, 2.24) is 4.57 Å². The van der Waals surface area contributed by atoms with E-state index < -0.39 is 0 Å². The summed E-state index contributed by atoms with van der Waals surface area (Å²) in [6.07, 6.45) is 3.37. The Hall–Kier alpha value is -1.58. The number of methoxy groups -OCH3 is 1. The van der Waals surface area contributed by atoms with Gasteiger partial charge in [0.25, 0.3) is 0 Å². The first-order valence-electron chi connectivity index (χ1n) is 4.81. The topological polar surface area (TPSA) is 48.3 Å². The molecule has 1 rings (SSSR count). The van der Waals surface area contributed by atoms with E-state index in [-0.39, 0.29) is 24.2 Å². The molecule has 0 unspecified atom stereocenters. The first-order chi connectivity index (χ1) is 7.04. The van der Waals surface area contributed by atoms with Crippen molar-refractivity contribution in [2.45, 2.75) is 20.4 Å². The van der Waals surface area contributed by atoms with E-state index in [1.54, 1.807) is 23.0 Å². The lowest BCUT2D eigenvalue weighted by Crippen LogP contribution is -2.10. The van der Waals surface area contributed by atoms with Crippen LogP contribution in [0.4, 0.5) is 0 Å². The van der Waals surface area contributed by atoms with E-state index in [0.717, 1.165) is 0 Å². The van der Waals surface area contributed by atoms with Crippen LogP contribution >= 0.6 is 0 Å². The van der Waals surface area contributed by atoms with Crippen LogP contribution in [0.3, 0.4) is 0 Å². The monoisotopic (exact) mass is 209 g/mol. The summed E-state index contributed by atoms with van der Waals surface area (Å²) < 4.78 is 6.17. The van der Waals surface area contributed by atoms with Gasteiger partial charge in [0, 0.05) is 23.9 Å². The zero-order valence-corrected chi connectivity index (χ0v) is 9.19. The molecule has 4 nitrogen and oxygen atoms in total. The van der Waals surface area contributed by atoms with Gasteiger partial charge in [-0.25, -0.2) is 0 Å². The second-order valence-corrected chi connectivity index (χ2v) is 3.67. The van der Waals surface area contributed by atoms with Crippen molar-refractivity contribution in [2.75, 3.05) is 7.11 Å². The molecule has 1 aromatic heterocycles. The second-order valence-electron chi connectivity index (χ2n) is 3.67. The molecule has 0 aliphatic carbocycles. The van der Waals surface area contributed by atoms with Crippen molar-refractivity contribution < 1.29 is 14.3 Å². The Morgan fingerprint density at radius 3 is 2.67 bits per heavy atom. The lowest BCUT2D eigenvalue weighted by Gasteiger charge is -2.01. The van der Waals surface area contributed by atoms with Gasteiger partial charge >= 0.3 is 5.97 Å². The number of carbonyl (C=O) groups is 2. The Balaban J connectivity index is 2.72. The van der Waals surface area contributed by atoms with Crippen LogP contribution in [0.5, 0.6) is 0 Å². The number of Topliss-reactive ketones (excluding diaryl/α,β-unsaturated/α-hetero) is 1. The maximum absolute atomic E-state index is 11.6. The Morgan fingerprint density at radius 1 is 1.47 bits per heavy atom. The molecule has 0 bridgehead atoms. The fourth-order valence-electron chi connectivity index (χ4n) is 1.23. The molecule has 0 saturated carbocycles. The largest absolute Gasteiger partial charge is 0.468 e. The Labute approximate surface area is 88.8 Å². The third-order valence-corrected chi connectivity index (χ3v) is 2.10. The Bertz CT molecular complexity index is 366. The minimum atomic E-state index is -0.325. The molecule has 0 N–H and O–H groups in total. The number of rotatable bonds is 4. The van der Waals surface area contributed by atoms with E-state index in [1.807, 2.05) is 13.8 Å². The maximum atomic E-state index is 11.6. The second kappa shape index (κ2) is 4.77. The van der Waals surface area contributed by atoms with E-state index in [4.69, 9.17) is 0 Å². The van der Waals surface area contributed by atoms with Gasteiger partial charge in [0.15, 0.2) is 5.78 Å². The summed E-state index contributed by atoms with van der Waals surface area (Å²) in [4.78, 5) is 22.5. The van der Waals surface area contributed by atoms with Crippen molar-refractivity contribution in [3.63, 3.8) is 0 Å². The van der Waals surface area contributed by atoms with Gasteiger partial charge in [0.05, 0.1) is 7.11 Å². The minimum absolute atomic E-state index is 0.0287. The molecule has 0 spiro atoms. The van der Waals surface area contributed by atoms with Crippen LogP contribution in [0.2, 0.25) is 0 Å². The molecule has 0 radical (unpaired) electrons. The third-order valence-electron chi connectivity index (χ3n) is 2.10. The molecular formula is C11H15NO3. The standard InChI is InChI=1S/C11H15NO3/c1-8(2)11(14)9-4-5-12(6-9)7-10(13)15-3/h4-6,8H,7H2,1-3H3. The Morgan fingerprint density at radius 2 is 2.13 bits per heavy atom. The average molecular weight is 209 g/mol. The molecule has 0 aliphatic heterocycles.